The molecule has 0 aliphatic heterocycles. The molecule has 35 heavy (non-hydrogen) atoms. The van der Waals surface area contributed by atoms with Gasteiger partial charge in [-0.25, -0.2) is 0 Å². The van der Waals surface area contributed by atoms with Crippen molar-refractivity contribution in [1.29, 1.82) is 0 Å². The second-order valence-corrected chi connectivity index (χ2v) is 10.4. The van der Waals surface area contributed by atoms with E-state index in [1.165, 1.54) is 63.5 Å². The van der Waals surface area contributed by atoms with Crippen molar-refractivity contribution < 1.29 is 4.42 Å². The van der Waals surface area contributed by atoms with Gasteiger partial charge in [0.1, 0.15) is 11.2 Å². The molecule has 0 fully saturated rings. The second-order valence-electron chi connectivity index (χ2n) is 9.36. The van der Waals surface area contributed by atoms with Gasteiger partial charge in [-0.2, -0.15) is 0 Å². The molecule has 0 atom stereocenters. The maximum atomic E-state index is 6.33. The number of hydrogen-bond donors (Lipinski definition) is 0. The van der Waals surface area contributed by atoms with Crippen LogP contribution in [-0.4, -0.2) is 4.40 Å². The average molecular weight is 464 g/mol. The van der Waals surface area contributed by atoms with Crippen LogP contribution in [0.4, 0.5) is 0 Å². The molecule has 0 aliphatic rings. The van der Waals surface area contributed by atoms with Gasteiger partial charge in [-0.05, 0) is 24.3 Å². The summed E-state index contributed by atoms with van der Waals surface area (Å²) in [4.78, 5) is 0. The van der Waals surface area contributed by atoms with Gasteiger partial charge >= 0.3 is 0 Å². The molecule has 4 heterocycles. The van der Waals surface area contributed by atoms with E-state index < -0.39 is 0 Å². The summed E-state index contributed by atoms with van der Waals surface area (Å²) in [6.07, 6.45) is 2.27. The van der Waals surface area contributed by atoms with Crippen molar-refractivity contribution >= 4 is 91.4 Å². The van der Waals surface area contributed by atoms with E-state index >= 15 is 0 Å². The minimum atomic E-state index is 0.930. The number of nitrogens with zero attached hydrogens (tertiary/aromatic N) is 1. The molecule has 0 aliphatic carbocycles. The smallest absolute Gasteiger partial charge is 0.137 e. The molecular weight excluding hydrogens is 446 g/mol. The van der Waals surface area contributed by atoms with Crippen molar-refractivity contribution in [2.75, 3.05) is 0 Å². The Kier molecular flexibility index (Phi) is 3.20. The fourth-order valence-corrected chi connectivity index (χ4v) is 7.19. The molecular formula is C32H17NOS. The largest absolute Gasteiger partial charge is 0.456 e. The van der Waals surface area contributed by atoms with Crippen molar-refractivity contribution in [3.63, 3.8) is 0 Å². The minimum absolute atomic E-state index is 0.930. The van der Waals surface area contributed by atoms with Crippen LogP contribution in [0.1, 0.15) is 0 Å². The van der Waals surface area contributed by atoms with E-state index in [1.807, 2.05) is 17.4 Å². The summed E-state index contributed by atoms with van der Waals surface area (Å²) in [5, 5.41) is 11.4. The Morgan fingerprint density at radius 3 is 2.29 bits per heavy atom. The molecule has 3 heteroatoms. The highest BCUT2D eigenvalue weighted by molar-refractivity contribution is 7.26. The predicted octanol–water partition coefficient (Wildman–Crippen LogP) is 9.67. The topological polar surface area (TPSA) is 17.6 Å². The first kappa shape index (κ1) is 18.0. The molecule has 0 N–H and O–H groups in total. The van der Waals surface area contributed by atoms with Crippen LogP contribution in [0.2, 0.25) is 0 Å². The summed E-state index contributed by atoms with van der Waals surface area (Å²) in [7, 11) is 0. The fraction of sp³-hybridized carbons (Fsp3) is 0. The van der Waals surface area contributed by atoms with Gasteiger partial charge in [0, 0.05) is 70.1 Å². The molecule has 0 saturated carbocycles. The minimum Gasteiger partial charge on any atom is -0.456 e. The van der Waals surface area contributed by atoms with Gasteiger partial charge < -0.3 is 8.82 Å². The van der Waals surface area contributed by atoms with Crippen molar-refractivity contribution in [2.45, 2.75) is 0 Å². The number of furan rings is 1. The third-order valence-corrected chi connectivity index (χ3v) is 8.68. The number of benzene rings is 5. The first-order chi connectivity index (χ1) is 17.3. The van der Waals surface area contributed by atoms with E-state index in [4.69, 9.17) is 4.42 Å². The predicted molar refractivity (Wildman–Crippen MR) is 150 cm³/mol. The Balaban J connectivity index is 1.67. The monoisotopic (exact) mass is 463 g/mol. The van der Waals surface area contributed by atoms with Crippen LogP contribution in [-0.2, 0) is 0 Å². The van der Waals surface area contributed by atoms with E-state index in [-0.39, 0.29) is 0 Å². The third kappa shape index (κ3) is 2.20. The zero-order valence-corrected chi connectivity index (χ0v) is 19.4. The van der Waals surface area contributed by atoms with Gasteiger partial charge in [0.05, 0.1) is 11.0 Å². The van der Waals surface area contributed by atoms with Crippen LogP contribution in [0.15, 0.2) is 108 Å². The van der Waals surface area contributed by atoms with E-state index in [0.29, 0.717) is 0 Å². The van der Waals surface area contributed by atoms with Crippen LogP contribution >= 0.6 is 11.3 Å². The van der Waals surface area contributed by atoms with Crippen LogP contribution in [0.25, 0.3) is 80.1 Å². The average Bonchev–Trinajstić information content (AvgIpc) is 3.58. The zero-order valence-electron chi connectivity index (χ0n) is 18.6. The van der Waals surface area contributed by atoms with Crippen LogP contribution in [0.3, 0.4) is 0 Å². The normalized spacial score (nSPS) is 12.6. The molecule has 0 radical (unpaired) electrons. The van der Waals surface area contributed by atoms with E-state index in [9.17, 15) is 0 Å². The van der Waals surface area contributed by atoms with Gasteiger partial charge in [0.15, 0.2) is 0 Å². The molecule has 9 rings (SSSR count). The Labute approximate surface area is 203 Å². The molecule has 0 amide bonds. The lowest BCUT2D eigenvalue weighted by Gasteiger charge is -2.11. The summed E-state index contributed by atoms with van der Waals surface area (Å²) in [5.74, 6) is 0. The van der Waals surface area contributed by atoms with Gasteiger partial charge in [0.25, 0.3) is 0 Å². The Hall–Kier alpha value is -4.34. The number of para-hydroxylation sites is 1. The summed E-state index contributed by atoms with van der Waals surface area (Å²) in [5.41, 5.74) is 4.30. The molecule has 2 nitrogen and oxygen atoms in total. The highest BCUT2D eigenvalue weighted by atomic mass is 32.1. The van der Waals surface area contributed by atoms with Gasteiger partial charge in [-0.3, -0.25) is 0 Å². The number of thiophene rings is 1. The molecule has 0 unspecified atom stereocenters. The number of rotatable bonds is 0. The highest BCUT2D eigenvalue weighted by Gasteiger charge is 2.19. The highest BCUT2D eigenvalue weighted by Crippen LogP contribution is 2.45. The first-order valence-electron chi connectivity index (χ1n) is 11.9. The van der Waals surface area contributed by atoms with Gasteiger partial charge in [-0.15, -0.1) is 11.3 Å². The molecule has 9 aromatic rings. The lowest BCUT2D eigenvalue weighted by atomic mass is 9.97. The Morgan fingerprint density at radius 2 is 1.34 bits per heavy atom. The Bertz CT molecular complexity index is 2330. The lowest BCUT2D eigenvalue weighted by Crippen LogP contribution is -1.90. The number of pyridine rings is 1. The number of hydrogen-bond acceptors (Lipinski definition) is 2. The van der Waals surface area contributed by atoms with Crippen molar-refractivity contribution in [3.05, 3.63) is 103 Å². The summed E-state index contributed by atoms with van der Waals surface area (Å²) >= 11 is 1.88. The van der Waals surface area contributed by atoms with E-state index in [0.717, 1.165) is 16.6 Å². The molecule has 5 aromatic carbocycles. The fourth-order valence-electron chi connectivity index (χ4n) is 6.08. The molecule has 0 spiro atoms. The maximum absolute atomic E-state index is 6.33. The number of aromatic nitrogens is 1. The van der Waals surface area contributed by atoms with Crippen LogP contribution in [0, 0.1) is 0 Å². The standard InChI is InChI=1S/C32H17NOS/c1-2-8-19-18(7-1)17-33-25-16-27-23(20-9-3-5-11-26(20)34-27)15-24(25)30-22(32(19)33)13-14-29-31(30)21-10-4-6-12-28(21)35-29/h1-17H. The third-order valence-electron chi connectivity index (χ3n) is 7.55. The summed E-state index contributed by atoms with van der Waals surface area (Å²) in [6.45, 7) is 0. The van der Waals surface area contributed by atoms with Crippen LogP contribution < -0.4 is 0 Å². The molecule has 0 bridgehead atoms. The SMILES string of the molecule is c1ccc2c(c1)cn1c3cc4oc5ccccc5c4cc3c3c(ccc4sc5ccccc5c43)c21. The van der Waals surface area contributed by atoms with Crippen molar-refractivity contribution in [1.82, 2.24) is 4.40 Å². The second kappa shape index (κ2) is 6.21. The van der Waals surface area contributed by atoms with E-state index in [2.05, 4.69) is 102 Å². The summed E-state index contributed by atoms with van der Waals surface area (Å²) < 4.78 is 11.4. The summed E-state index contributed by atoms with van der Waals surface area (Å²) in [6, 6.07) is 35.1. The Morgan fingerprint density at radius 1 is 0.543 bits per heavy atom. The lowest BCUT2D eigenvalue weighted by molar-refractivity contribution is 0.669. The van der Waals surface area contributed by atoms with Crippen molar-refractivity contribution in [3.8, 4) is 0 Å². The molecule has 4 aromatic heterocycles. The molecule has 0 saturated heterocycles. The zero-order chi connectivity index (χ0) is 22.7. The van der Waals surface area contributed by atoms with Gasteiger partial charge in [-0.1, -0.05) is 66.7 Å². The quantitative estimate of drug-likeness (QED) is 0.205. The van der Waals surface area contributed by atoms with Gasteiger partial charge in [0.2, 0.25) is 0 Å². The van der Waals surface area contributed by atoms with E-state index in [1.54, 1.807) is 0 Å². The number of fused-ring (bicyclic) bond motifs is 15. The maximum Gasteiger partial charge on any atom is 0.137 e. The first-order valence-corrected chi connectivity index (χ1v) is 12.7. The van der Waals surface area contributed by atoms with Crippen LogP contribution in [0.5, 0.6) is 0 Å². The van der Waals surface area contributed by atoms with Crippen molar-refractivity contribution in [2.24, 2.45) is 0 Å². The molecule has 162 valence electrons.